The van der Waals surface area contributed by atoms with Gasteiger partial charge in [0.2, 0.25) is 5.91 Å². The van der Waals surface area contributed by atoms with Crippen LogP contribution in [0.25, 0.3) is 0 Å². The molecule has 12 atom stereocenters. The van der Waals surface area contributed by atoms with Crippen molar-refractivity contribution in [1.29, 1.82) is 0 Å². The molecule has 2 heterocycles. The number of unbranched alkanes of at least 4 members (excludes halogenated alkanes) is 42. The third kappa shape index (κ3) is 52.8. The number of nitrogens with one attached hydrogen (secondary N) is 1. The van der Waals surface area contributed by atoms with Crippen LogP contribution in [0, 0.1) is 0 Å². The van der Waals surface area contributed by atoms with E-state index in [2.05, 4.69) is 116 Å². The molecule has 0 aromatic rings. The number of hydrogen-bond acceptors (Lipinski definition) is 13. The third-order valence-electron chi connectivity index (χ3n) is 20.3. The molecule has 14 nitrogen and oxygen atoms in total. The van der Waals surface area contributed by atoms with Crippen molar-refractivity contribution in [2.75, 3.05) is 19.8 Å². The second kappa shape index (κ2) is 70.9. The molecule has 0 spiro atoms. The smallest absolute Gasteiger partial charge is 0.220 e. The lowest BCUT2D eigenvalue weighted by molar-refractivity contribution is -0.359. The third-order valence-corrected chi connectivity index (χ3v) is 20.3. The quantitative estimate of drug-likeness (QED) is 0.0204. The minimum atomic E-state index is -1.79. The van der Waals surface area contributed by atoms with Crippen LogP contribution in [0.1, 0.15) is 361 Å². The minimum Gasteiger partial charge on any atom is -0.394 e. The molecule has 12 unspecified atom stereocenters. The summed E-state index contributed by atoms with van der Waals surface area (Å²) in [5, 5.41) is 88.0. The molecule has 2 saturated heterocycles. The van der Waals surface area contributed by atoms with Crippen LogP contribution in [-0.2, 0) is 23.7 Å². The Hall–Kier alpha value is -3.09. The van der Waals surface area contributed by atoms with Gasteiger partial charge in [-0.2, -0.15) is 0 Å². The lowest BCUT2D eigenvalue weighted by Gasteiger charge is -2.46. The molecule has 0 aromatic carbocycles. The Morgan fingerprint density at radius 3 is 1.04 bits per heavy atom. The van der Waals surface area contributed by atoms with E-state index in [-0.39, 0.29) is 12.5 Å². The molecule has 0 aliphatic carbocycles. The van der Waals surface area contributed by atoms with Crippen LogP contribution < -0.4 is 5.32 Å². The molecular formula is C88H157NO13. The van der Waals surface area contributed by atoms with Gasteiger partial charge < -0.3 is 65.1 Å². The molecule has 1 amide bonds. The second-order valence-electron chi connectivity index (χ2n) is 29.6. The van der Waals surface area contributed by atoms with E-state index >= 15 is 0 Å². The highest BCUT2D eigenvalue weighted by Gasteiger charge is 2.51. The van der Waals surface area contributed by atoms with Crippen LogP contribution in [-0.4, -0.2) is 140 Å². The van der Waals surface area contributed by atoms with Gasteiger partial charge in [-0.05, 0) is 77.0 Å². The van der Waals surface area contributed by atoms with Gasteiger partial charge in [0.05, 0.1) is 32.0 Å². The molecule has 2 rings (SSSR count). The van der Waals surface area contributed by atoms with Crippen LogP contribution >= 0.6 is 0 Å². The first-order chi connectivity index (χ1) is 50.1. The maximum atomic E-state index is 13.4. The van der Waals surface area contributed by atoms with Crippen molar-refractivity contribution in [3.05, 3.63) is 97.2 Å². The van der Waals surface area contributed by atoms with Crippen molar-refractivity contribution in [1.82, 2.24) is 5.32 Å². The first-order valence-electron chi connectivity index (χ1n) is 42.5. The fourth-order valence-electron chi connectivity index (χ4n) is 13.7. The SMILES string of the molecule is CC/C=C\C/C=C\C/C=C\C/C=C\C/C=C\C/C=C\C/C=C\C/C=C\CCCCCCCCCCCCCCC(=O)NC(COC1OC(CO)C(OC2OC(CO)C(O)C(O)C2O)C(O)C1O)C(O)CCCCCCCCCCCCCCCCCCCCCCCCCCCCCCCCC. The van der Waals surface area contributed by atoms with Crippen molar-refractivity contribution >= 4 is 5.91 Å². The standard InChI is InChI=1S/C88H157NO13/c1-3-5-7-9-11-13-15-17-19-21-23-25-27-29-31-33-35-36-37-38-39-40-42-44-46-48-50-52-54-56-58-60-62-64-66-68-70-72-80(93)89-76(75-99-87-85(98)83(96)86(79(74-91)101-87)102-88-84(97)82(95)81(94)78(73-90)100-88)77(92)71-69-67-65-63-61-59-57-55-53-51-49-47-45-43-41-34-32-30-28-26-24-22-20-18-16-14-12-10-8-6-4-2/h5,7,11,13,17,19,23,25,29,31,35-36,38-39,42,44,76-79,81-88,90-92,94-98H,3-4,6,8-10,12,14-16,18,20-22,24,26-28,30,32-34,37,40-41,43,45-75H2,1-2H3,(H,89,93)/b7-5-,13-11-,19-17-,25-23-,31-29-,36-35-,39-38-,44-42-. The molecule has 592 valence electrons. The summed E-state index contributed by atoms with van der Waals surface area (Å²) in [5.74, 6) is -0.207. The zero-order chi connectivity index (χ0) is 73.7. The Labute approximate surface area is 623 Å². The summed E-state index contributed by atoms with van der Waals surface area (Å²) in [6.45, 7) is 2.80. The predicted molar refractivity (Wildman–Crippen MR) is 424 cm³/mol. The first-order valence-corrected chi connectivity index (χ1v) is 42.5. The Balaban J connectivity index is 1.60. The highest BCUT2D eigenvalue weighted by Crippen LogP contribution is 2.30. The normalized spacial score (nSPS) is 22.1. The number of aliphatic hydroxyl groups excluding tert-OH is 8. The number of allylic oxidation sites excluding steroid dienone is 16. The van der Waals surface area contributed by atoms with E-state index in [0.717, 1.165) is 109 Å². The number of ether oxygens (including phenoxy) is 4. The molecule has 0 bridgehead atoms. The Kier molecular flexibility index (Phi) is 66.0. The summed E-state index contributed by atoms with van der Waals surface area (Å²) >= 11 is 0. The summed E-state index contributed by atoms with van der Waals surface area (Å²) in [4.78, 5) is 13.4. The predicted octanol–water partition coefficient (Wildman–Crippen LogP) is 20.0. The summed E-state index contributed by atoms with van der Waals surface area (Å²) in [5.41, 5.74) is 0. The molecule has 2 aliphatic rings. The fraction of sp³-hybridized carbons (Fsp3) is 0.807. The molecule has 0 radical (unpaired) electrons. The van der Waals surface area contributed by atoms with E-state index in [4.69, 9.17) is 18.9 Å². The summed E-state index contributed by atoms with van der Waals surface area (Å²) in [6, 6.07) is -0.838. The molecular weight excluding hydrogens is 1280 g/mol. The van der Waals surface area contributed by atoms with Gasteiger partial charge in [-0.1, -0.05) is 374 Å². The number of rotatable bonds is 71. The zero-order valence-electron chi connectivity index (χ0n) is 65.1. The minimum absolute atomic E-state index is 0.207. The van der Waals surface area contributed by atoms with Gasteiger partial charge in [-0.3, -0.25) is 4.79 Å². The van der Waals surface area contributed by atoms with Crippen molar-refractivity contribution in [2.24, 2.45) is 0 Å². The highest BCUT2D eigenvalue weighted by atomic mass is 16.7. The molecule has 2 fully saturated rings. The first kappa shape index (κ1) is 95.0. The lowest BCUT2D eigenvalue weighted by atomic mass is 9.97. The Bertz CT molecular complexity index is 2090. The van der Waals surface area contributed by atoms with Crippen LogP contribution in [0.3, 0.4) is 0 Å². The van der Waals surface area contributed by atoms with Crippen LogP contribution in [0.2, 0.25) is 0 Å². The van der Waals surface area contributed by atoms with Gasteiger partial charge in [-0.25, -0.2) is 0 Å². The molecule has 2 aliphatic heterocycles. The Morgan fingerprint density at radius 2 is 0.676 bits per heavy atom. The summed E-state index contributed by atoms with van der Waals surface area (Å²) < 4.78 is 23.0. The van der Waals surface area contributed by atoms with Crippen molar-refractivity contribution in [3.63, 3.8) is 0 Å². The average molecular weight is 1440 g/mol. The number of amides is 1. The van der Waals surface area contributed by atoms with Crippen molar-refractivity contribution in [3.8, 4) is 0 Å². The van der Waals surface area contributed by atoms with E-state index in [1.807, 2.05) is 0 Å². The van der Waals surface area contributed by atoms with E-state index < -0.39 is 86.8 Å². The summed E-state index contributed by atoms with van der Waals surface area (Å²) in [6.07, 6.45) is 84.5. The van der Waals surface area contributed by atoms with E-state index in [1.54, 1.807) is 0 Å². The molecule has 14 heteroatoms. The summed E-state index contributed by atoms with van der Waals surface area (Å²) in [7, 11) is 0. The highest BCUT2D eigenvalue weighted by molar-refractivity contribution is 5.76. The Morgan fingerprint density at radius 1 is 0.363 bits per heavy atom. The molecule has 0 saturated carbocycles. The van der Waals surface area contributed by atoms with Gasteiger partial charge in [0, 0.05) is 6.42 Å². The van der Waals surface area contributed by atoms with Crippen molar-refractivity contribution in [2.45, 2.75) is 434 Å². The van der Waals surface area contributed by atoms with E-state index in [9.17, 15) is 45.6 Å². The van der Waals surface area contributed by atoms with Crippen LogP contribution in [0.15, 0.2) is 97.2 Å². The maximum Gasteiger partial charge on any atom is 0.220 e. The zero-order valence-corrected chi connectivity index (χ0v) is 65.1. The topological polar surface area (TPSA) is 228 Å². The largest absolute Gasteiger partial charge is 0.394 e. The van der Waals surface area contributed by atoms with Gasteiger partial charge >= 0.3 is 0 Å². The number of carbonyl (C=O) groups is 1. The van der Waals surface area contributed by atoms with E-state index in [0.29, 0.717) is 12.8 Å². The van der Waals surface area contributed by atoms with Gasteiger partial charge in [0.25, 0.3) is 0 Å². The van der Waals surface area contributed by atoms with Gasteiger partial charge in [0.1, 0.15) is 48.8 Å². The maximum absolute atomic E-state index is 13.4. The number of aliphatic hydroxyl groups is 8. The fourth-order valence-corrected chi connectivity index (χ4v) is 13.7. The van der Waals surface area contributed by atoms with Gasteiger partial charge in [-0.15, -0.1) is 0 Å². The van der Waals surface area contributed by atoms with Crippen molar-refractivity contribution < 1.29 is 64.6 Å². The molecule has 0 aromatic heterocycles. The second-order valence-corrected chi connectivity index (χ2v) is 29.6. The van der Waals surface area contributed by atoms with Crippen LogP contribution in [0.4, 0.5) is 0 Å². The monoisotopic (exact) mass is 1440 g/mol. The van der Waals surface area contributed by atoms with E-state index in [1.165, 1.54) is 225 Å². The van der Waals surface area contributed by atoms with Crippen LogP contribution in [0.5, 0.6) is 0 Å². The average Bonchev–Trinajstić information content (AvgIpc) is 0.790. The number of hydrogen-bond donors (Lipinski definition) is 9. The molecule has 9 N–H and O–H groups in total. The number of carbonyl (C=O) groups excluding carboxylic acids is 1. The van der Waals surface area contributed by atoms with Gasteiger partial charge in [0.15, 0.2) is 12.6 Å². The molecule has 102 heavy (non-hydrogen) atoms. The lowest BCUT2D eigenvalue weighted by Crippen LogP contribution is -2.65.